The van der Waals surface area contributed by atoms with Crippen LogP contribution in [-0.2, 0) is 6.42 Å². The van der Waals surface area contributed by atoms with Crippen molar-refractivity contribution >= 4 is 11.0 Å². The average Bonchev–Trinajstić information content (AvgIpc) is 2.79. The summed E-state index contributed by atoms with van der Waals surface area (Å²) in [6.07, 6.45) is 5.90. The zero-order valence-electron chi connectivity index (χ0n) is 10.4. The van der Waals surface area contributed by atoms with Crippen LogP contribution in [0.5, 0.6) is 0 Å². The van der Waals surface area contributed by atoms with Crippen LogP contribution < -0.4 is 5.32 Å². The lowest BCUT2D eigenvalue weighted by atomic mass is 10.0. The van der Waals surface area contributed by atoms with Crippen molar-refractivity contribution in [1.29, 1.82) is 0 Å². The van der Waals surface area contributed by atoms with Crippen LogP contribution in [0.2, 0.25) is 0 Å². The summed E-state index contributed by atoms with van der Waals surface area (Å²) < 4.78 is 13.1. The van der Waals surface area contributed by atoms with Gasteiger partial charge in [-0.25, -0.2) is 9.37 Å². The zero-order chi connectivity index (χ0) is 12.4. The maximum absolute atomic E-state index is 13.1. The highest BCUT2D eigenvalue weighted by Gasteiger charge is 2.13. The second kappa shape index (κ2) is 5.06. The molecule has 1 aromatic carbocycles. The number of H-pyrrole nitrogens is 1. The van der Waals surface area contributed by atoms with Gasteiger partial charge in [0.25, 0.3) is 0 Å². The van der Waals surface area contributed by atoms with Crippen molar-refractivity contribution in [2.75, 3.05) is 6.54 Å². The fourth-order valence-electron chi connectivity index (χ4n) is 2.63. The van der Waals surface area contributed by atoms with Crippen molar-refractivity contribution in [2.24, 2.45) is 0 Å². The molecule has 3 nitrogen and oxygen atoms in total. The summed E-state index contributed by atoms with van der Waals surface area (Å²) in [6.45, 7) is 1.13. The first-order valence-corrected chi connectivity index (χ1v) is 6.69. The summed E-state index contributed by atoms with van der Waals surface area (Å²) in [5, 5.41) is 3.53. The second-order valence-corrected chi connectivity index (χ2v) is 5.03. The number of halogens is 1. The van der Waals surface area contributed by atoms with Crippen molar-refractivity contribution in [2.45, 2.75) is 38.1 Å². The van der Waals surface area contributed by atoms with E-state index in [4.69, 9.17) is 0 Å². The molecule has 1 saturated heterocycles. The molecule has 2 aromatic rings. The standard InChI is InChI=1S/C14H18FN3/c15-10-4-6-12-13(9-10)18-14(17-12)7-5-11-3-1-2-8-16-11/h4,6,9,11,16H,1-3,5,7-8H2,(H,17,18). The Morgan fingerprint density at radius 1 is 1.33 bits per heavy atom. The maximum atomic E-state index is 13.1. The number of hydrogen-bond acceptors (Lipinski definition) is 2. The van der Waals surface area contributed by atoms with Gasteiger partial charge in [0.2, 0.25) is 0 Å². The molecule has 1 unspecified atom stereocenters. The van der Waals surface area contributed by atoms with Crippen LogP contribution in [0, 0.1) is 5.82 Å². The second-order valence-electron chi connectivity index (χ2n) is 5.03. The smallest absolute Gasteiger partial charge is 0.125 e. The van der Waals surface area contributed by atoms with Gasteiger partial charge in [0, 0.05) is 12.5 Å². The summed E-state index contributed by atoms with van der Waals surface area (Å²) >= 11 is 0. The van der Waals surface area contributed by atoms with E-state index in [1.54, 1.807) is 6.07 Å². The molecule has 1 atom stereocenters. The van der Waals surface area contributed by atoms with Crippen molar-refractivity contribution in [3.05, 3.63) is 29.8 Å². The van der Waals surface area contributed by atoms with Crippen LogP contribution in [-0.4, -0.2) is 22.6 Å². The Labute approximate surface area is 106 Å². The minimum absolute atomic E-state index is 0.216. The topological polar surface area (TPSA) is 40.7 Å². The van der Waals surface area contributed by atoms with Crippen LogP contribution in [0.25, 0.3) is 11.0 Å². The van der Waals surface area contributed by atoms with Gasteiger partial charge in [-0.15, -0.1) is 0 Å². The summed E-state index contributed by atoms with van der Waals surface area (Å²) in [4.78, 5) is 7.69. The van der Waals surface area contributed by atoms with E-state index in [-0.39, 0.29) is 5.82 Å². The number of nitrogens with one attached hydrogen (secondary N) is 2. The highest BCUT2D eigenvalue weighted by Crippen LogP contribution is 2.16. The number of hydrogen-bond donors (Lipinski definition) is 2. The number of benzene rings is 1. The molecule has 1 aliphatic rings. The number of aryl methyl sites for hydroxylation is 1. The van der Waals surface area contributed by atoms with E-state index < -0.39 is 0 Å². The van der Waals surface area contributed by atoms with Crippen LogP contribution in [0.1, 0.15) is 31.5 Å². The van der Waals surface area contributed by atoms with Crippen LogP contribution in [0.3, 0.4) is 0 Å². The zero-order valence-corrected chi connectivity index (χ0v) is 10.4. The first-order valence-electron chi connectivity index (χ1n) is 6.69. The lowest BCUT2D eigenvalue weighted by molar-refractivity contribution is 0.381. The maximum Gasteiger partial charge on any atom is 0.125 e. The first-order chi connectivity index (χ1) is 8.81. The molecular weight excluding hydrogens is 229 g/mol. The predicted molar refractivity (Wildman–Crippen MR) is 70.0 cm³/mol. The molecule has 0 amide bonds. The Morgan fingerprint density at radius 3 is 3.11 bits per heavy atom. The molecule has 0 bridgehead atoms. The van der Waals surface area contributed by atoms with Gasteiger partial charge in [0.15, 0.2) is 0 Å². The summed E-state index contributed by atoms with van der Waals surface area (Å²) in [6, 6.07) is 5.30. The van der Waals surface area contributed by atoms with E-state index in [2.05, 4.69) is 15.3 Å². The van der Waals surface area contributed by atoms with Gasteiger partial charge in [0.1, 0.15) is 11.6 Å². The number of fused-ring (bicyclic) bond motifs is 1. The predicted octanol–water partition coefficient (Wildman–Crippen LogP) is 2.78. The van der Waals surface area contributed by atoms with Crippen LogP contribution >= 0.6 is 0 Å². The Hall–Kier alpha value is -1.42. The van der Waals surface area contributed by atoms with Gasteiger partial charge in [-0.05, 0) is 44.0 Å². The fourth-order valence-corrected chi connectivity index (χ4v) is 2.63. The van der Waals surface area contributed by atoms with Gasteiger partial charge < -0.3 is 10.3 Å². The molecule has 0 saturated carbocycles. The van der Waals surface area contributed by atoms with Gasteiger partial charge in [-0.1, -0.05) is 6.42 Å². The summed E-state index contributed by atoms with van der Waals surface area (Å²) in [7, 11) is 0. The van der Waals surface area contributed by atoms with E-state index in [9.17, 15) is 4.39 Å². The van der Waals surface area contributed by atoms with Crippen LogP contribution in [0.4, 0.5) is 4.39 Å². The highest BCUT2D eigenvalue weighted by atomic mass is 19.1. The molecule has 2 N–H and O–H groups in total. The minimum Gasteiger partial charge on any atom is -0.342 e. The average molecular weight is 247 g/mol. The van der Waals surface area contributed by atoms with E-state index in [1.165, 1.54) is 31.4 Å². The Kier molecular flexibility index (Phi) is 3.28. The SMILES string of the molecule is Fc1ccc2nc(CCC3CCCCN3)[nH]c2c1. The third-order valence-electron chi connectivity index (χ3n) is 3.63. The summed E-state index contributed by atoms with van der Waals surface area (Å²) in [5.74, 6) is 0.745. The van der Waals surface area contributed by atoms with E-state index in [0.29, 0.717) is 6.04 Å². The molecule has 2 heterocycles. The summed E-state index contributed by atoms with van der Waals surface area (Å²) in [5.41, 5.74) is 1.64. The number of piperidine rings is 1. The van der Waals surface area contributed by atoms with Gasteiger partial charge in [-0.3, -0.25) is 0 Å². The number of rotatable bonds is 3. The molecule has 1 aromatic heterocycles. The largest absolute Gasteiger partial charge is 0.342 e. The molecule has 1 fully saturated rings. The van der Waals surface area contributed by atoms with E-state index in [1.807, 2.05) is 0 Å². The van der Waals surface area contributed by atoms with Gasteiger partial charge >= 0.3 is 0 Å². The lowest BCUT2D eigenvalue weighted by Gasteiger charge is -2.22. The normalized spacial score (nSPS) is 20.4. The number of aromatic amines is 1. The Balaban J connectivity index is 1.67. The monoisotopic (exact) mass is 247 g/mol. The molecule has 3 rings (SSSR count). The van der Waals surface area contributed by atoms with Crippen molar-refractivity contribution < 1.29 is 4.39 Å². The van der Waals surface area contributed by atoms with Crippen molar-refractivity contribution in [3.8, 4) is 0 Å². The van der Waals surface area contributed by atoms with Gasteiger partial charge in [-0.2, -0.15) is 0 Å². The van der Waals surface area contributed by atoms with Crippen molar-refractivity contribution in [1.82, 2.24) is 15.3 Å². The molecular formula is C14H18FN3. The Bertz CT molecular complexity index is 529. The molecule has 0 spiro atoms. The molecule has 18 heavy (non-hydrogen) atoms. The Morgan fingerprint density at radius 2 is 2.28 bits per heavy atom. The number of nitrogens with zero attached hydrogens (tertiary/aromatic N) is 1. The number of imidazole rings is 1. The third kappa shape index (κ3) is 2.53. The fraction of sp³-hybridized carbons (Fsp3) is 0.500. The highest BCUT2D eigenvalue weighted by molar-refractivity contribution is 5.74. The van der Waals surface area contributed by atoms with Crippen LogP contribution in [0.15, 0.2) is 18.2 Å². The molecule has 4 heteroatoms. The van der Waals surface area contributed by atoms with E-state index in [0.717, 1.165) is 36.2 Å². The first kappa shape index (κ1) is 11.7. The molecule has 0 aliphatic carbocycles. The molecule has 96 valence electrons. The minimum atomic E-state index is -0.216. The molecule has 1 aliphatic heterocycles. The molecule has 0 radical (unpaired) electrons. The van der Waals surface area contributed by atoms with Crippen molar-refractivity contribution in [3.63, 3.8) is 0 Å². The third-order valence-corrected chi connectivity index (χ3v) is 3.63. The van der Waals surface area contributed by atoms with Gasteiger partial charge in [0.05, 0.1) is 11.0 Å². The quantitative estimate of drug-likeness (QED) is 0.875. The lowest BCUT2D eigenvalue weighted by Crippen LogP contribution is -2.34. The number of aromatic nitrogens is 2. The van der Waals surface area contributed by atoms with E-state index >= 15 is 0 Å².